The summed E-state index contributed by atoms with van der Waals surface area (Å²) >= 11 is 0. The summed E-state index contributed by atoms with van der Waals surface area (Å²) in [5, 5.41) is 7.19. The monoisotopic (exact) mass is 415 g/mol. The molecule has 30 heavy (non-hydrogen) atoms. The summed E-state index contributed by atoms with van der Waals surface area (Å²) in [7, 11) is 0. The molecule has 1 aromatic carbocycles. The number of rotatable bonds is 4. The Kier molecular flexibility index (Phi) is 5.43. The lowest BCUT2D eigenvalue weighted by molar-refractivity contribution is -0.137. The molecule has 1 aliphatic rings. The molecule has 0 atom stereocenters. The molecule has 1 N–H and O–H groups in total. The predicted octanol–water partition coefficient (Wildman–Crippen LogP) is 3.68. The molecule has 3 heterocycles. The average Bonchev–Trinajstić information content (AvgIpc) is 3.29. The SMILES string of the molecule is O=C(NC1CCN(c2ccc(C(F)(F)F)cn2)CC1)c1ccc(-n2cccn2)cc1. The standard InChI is InChI=1S/C21H20F3N5O/c22-21(23,24)16-4-7-19(25-14-16)28-12-8-17(9-13-28)27-20(30)15-2-5-18(6-3-15)29-11-1-10-26-29/h1-7,10-11,14,17H,8-9,12-13H2,(H,27,30). The number of anilines is 1. The van der Waals surface area contributed by atoms with E-state index in [2.05, 4.69) is 15.4 Å². The minimum absolute atomic E-state index is 0.00832. The minimum Gasteiger partial charge on any atom is -0.356 e. The van der Waals surface area contributed by atoms with Gasteiger partial charge in [0, 0.05) is 43.3 Å². The lowest BCUT2D eigenvalue weighted by Gasteiger charge is -2.33. The van der Waals surface area contributed by atoms with E-state index >= 15 is 0 Å². The summed E-state index contributed by atoms with van der Waals surface area (Å²) in [5.41, 5.74) is 0.679. The highest BCUT2D eigenvalue weighted by molar-refractivity contribution is 5.94. The van der Waals surface area contributed by atoms with Crippen LogP contribution in [0.4, 0.5) is 19.0 Å². The second-order valence-corrected chi connectivity index (χ2v) is 7.14. The largest absolute Gasteiger partial charge is 0.417 e. The molecule has 1 fully saturated rings. The van der Waals surface area contributed by atoms with Gasteiger partial charge < -0.3 is 10.2 Å². The van der Waals surface area contributed by atoms with Crippen molar-refractivity contribution in [3.63, 3.8) is 0 Å². The van der Waals surface area contributed by atoms with Crippen molar-refractivity contribution in [2.45, 2.75) is 25.1 Å². The normalized spacial score (nSPS) is 15.2. The molecular weight excluding hydrogens is 395 g/mol. The van der Waals surface area contributed by atoms with Crippen LogP contribution in [0, 0.1) is 0 Å². The van der Waals surface area contributed by atoms with Crippen molar-refractivity contribution in [3.05, 3.63) is 72.2 Å². The molecule has 1 amide bonds. The first kappa shape index (κ1) is 19.9. The van der Waals surface area contributed by atoms with Gasteiger partial charge in [-0.3, -0.25) is 4.79 Å². The number of carbonyl (C=O) groups is 1. The lowest BCUT2D eigenvalue weighted by atomic mass is 10.0. The second kappa shape index (κ2) is 8.17. The number of benzene rings is 1. The lowest BCUT2D eigenvalue weighted by Crippen LogP contribution is -2.45. The van der Waals surface area contributed by atoms with E-state index in [1.54, 1.807) is 23.0 Å². The molecule has 156 valence electrons. The second-order valence-electron chi connectivity index (χ2n) is 7.14. The van der Waals surface area contributed by atoms with E-state index in [1.165, 1.54) is 6.07 Å². The van der Waals surface area contributed by atoms with Crippen LogP contribution >= 0.6 is 0 Å². The Hall–Kier alpha value is -3.36. The van der Waals surface area contributed by atoms with Gasteiger partial charge in [-0.25, -0.2) is 9.67 Å². The number of piperidine rings is 1. The first-order valence-electron chi connectivity index (χ1n) is 9.59. The van der Waals surface area contributed by atoms with Gasteiger partial charge in [-0.15, -0.1) is 0 Å². The van der Waals surface area contributed by atoms with Crippen molar-refractivity contribution < 1.29 is 18.0 Å². The molecule has 0 saturated carbocycles. The first-order chi connectivity index (χ1) is 14.4. The molecule has 0 aliphatic carbocycles. The van der Waals surface area contributed by atoms with Crippen LogP contribution in [0.1, 0.15) is 28.8 Å². The van der Waals surface area contributed by atoms with Crippen molar-refractivity contribution in [2.75, 3.05) is 18.0 Å². The molecule has 0 spiro atoms. The number of nitrogens with zero attached hydrogens (tertiary/aromatic N) is 4. The molecule has 6 nitrogen and oxygen atoms in total. The van der Waals surface area contributed by atoms with Crippen LogP contribution in [-0.4, -0.2) is 39.8 Å². The third-order valence-electron chi connectivity index (χ3n) is 5.13. The van der Waals surface area contributed by atoms with Crippen molar-refractivity contribution in [1.29, 1.82) is 0 Å². The zero-order valence-electron chi connectivity index (χ0n) is 16.0. The fraction of sp³-hybridized carbons (Fsp3) is 0.286. The molecule has 3 aromatic rings. The van der Waals surface area contributed by atoms with Crippen LogP contribution in [-0.2, 0) is 6.18 Å². The molecular formula is C21H20F3N5O. The maximum absolute atomic E-state index is 12.7. The molecule has 0 bridgehead atoms. The average molecular weight is 415 g/mol. The van der Waals surface area contributed by atoms with Crippen LogP contribution in [0.5, 0.6) is 0 Å². The highest BCUT2D eigenvalue weighted by Crippen LogP contribution is 2.29. The zero-order valence-corrected chi connectivity index (χ0v) is 16.0. The molecule has 0 unspecified atom stereocenters. The summed E-state index contributed by atoms with van der Waals surface area (Å²) in [6.07, 6.45) is 1.37. The van der Waals surface area contributed by atoms with Gasteiger partial charge in [-0.1, -0.05) is 0 Å². The smallest absolute Gasteiger partial charge is 0.356 e. The number of nitrogens with one attached hydrogen (secondary N) is 1. The Labute approximate surface area is 171 Å². The summed E-state index contributed by atoms with van der Waals surface area (Å²) in [4.78, 5) is 18.4. The topological polar surface area (TPSA) is 63.1 Å². The minimum atomic E-state index is -4.39. The number of amides is 1. The number of alkyl halides is 3. The van der Waals surface area contributed by atoms with E-state index in [1.807, 2.05) is 29.3 Å². The molecule has 9 heteroatoms. The zero-order chi connectivity index (χ0) is 21.1. The van der Waals surface area contributed by atoms with E-state index in [0.29, 0.717) is 37.3 Å². The van der Waals surface area contributed by atoms with E-state index in [9.17, 15) is 18.0 Å². The Morgan fingerprint density at radius 1 is 1.07 bits per heavy atom. The van der Waals surface area contributed by atoms with Crippen LogP contribution in [0.25, 0.3) is 5.69 Å². The van der Waals surface area contributed by atoms with Crippen LogP contribution in [0.2, 0.25) is 0 Å². The van der Waals surface area contributed by atoms with Crippen molar-refractivity contribution >= 4 is 11.7 Å². The Balaban J connectivity index is 1.30. The third-order valence-corrected chi connectivity index (χ3v) is 5.13. The van der Waals surface area contributed by atoms with Gasteiger partial charge in [0.2, 0.25) is 0 Å². The number of aromatic nitrogens is 3. The maximum atomic E-state index is 12.7. The van der Waals surface area contributed by atoms with Crippen LogP contribution in [0.15, 0.2) is 61.1 Å². The maximum Gasteiger partial charge on any atom is 0.417 e. The molecule has 0 radical (unpaired) electrons. The predicted molar refractivity (Wildman–Crippen MR) is 106 cm³/mol. The summed E-state index contributed by atoms with van der Waals surface area (Å²) < 4.78 is 39.7. The van der Waals surface area contributed by atoms with Gasteiger partial charge in [0.15, 0.2) is 0 Å². The van der Waals surface area contributed by atoms with Crippen LogP contribution < -0.4 is 10.2 Å². The molecule has 2 aromatic heterocycles. The Bertz CT molecular complexity index is 977. The van der Waals surface area contributed by atoms with Crippen LogP contribution in [0.3, 0.4) is 0 Å². The number of halogens is 3. The summed E-state index contributed by atoms with van der Waals surface area (Å²) in [6, 6.07) is 11.5. The quantitative estimate of drug-likeness (QED) is 0.706. The van der Waals surface area contributed by atoms with E-state index in [0.717, 1.165) is 18.0 Å². The third kappa shape index (κ3) is 4.45. The number of pyridine rings is 1. The summed E-state index contributed by atoms with van der Waals surface area (Å²) in [6.45, 7) is 1.23. The number of hydrogen-bond acceptors (Lipinski definition) is 4. The number of hydrogen-bond donors (Lipinski definition) is 1. The van der Waals surface area contributed by atoms with Crippen molar-refractivity contribution in [3.8, 4) is 5.69 Å². The van der Waals surface area contributed by atoms with Gasteiger partial charge in [0.25, 0.3) is 5.91 Å². The van der Waals surface area contributed by atoms with E-state index < -0.39 is 11.7 Å². The molecule has 1 saturated heterocycles. The highest BCUT2D eigenvalue weighted by atomic mass is 19.4. The van der Waals surface area contributed by atoms with Crippen molar-refractivity contribution in [2.24, 2.45) is 0 Å². The molecule has 4 rings (SSSR count). The number of carbonyl (C=O) groups excluding carboxylic acids is 1. The van der Waals surface area contributed by atoms with E-state index in [-0.39, 0.29) is 11.9 Å². The van der Waals surface area contributed by atoms with Crippen molar-refractivity contribution in [1.82, 2.24) is 20.1 Å². The molecule has 1 aliphatic heterocycles. The van der Waals surface area contributed by atoms with E-state index in [4.69, 9.17) is 0 Å². The van der Waals surface area contributed by atoms with Gasteiger partial charge in [-0.2, -0.15) is 18.3 Å². The Morgan fingerprint density at radius 3 is 2.37 bits per heavy atom. The first-order valence-corrected chi connectivity index (χ1v) is 9.59. The Morgan fingerprint density at radius 2 is 1.80 bits per heavy atom. The fourth-order valence-electron chi connectivity index (χ4n) is 3.45. The van der Waals surface area contributed by atoms with Gasteiger partial charge in [0.05, 0.1) is 11.3 Å². The fourth-order valence-corrected chi connectivity index (χ4v) is 3.45. The highest BCUT2D eigenvalue weighted by Gasteiger charge is 2.31. The van der Waals surface area contributed by atoms with Gasteiger partial charge in [0.1, 0.15) is 5.82 Å². The summed E-state index contributed by atoms with van der Waals surface area (Å²) in [5.74, 6) is 0.370. The van der Waals surface area contributed by atoms with Gasteiger partial charge >= 0.3 is 6.18 Å². The van der Waals surface area contributed by atoms with Gasteiger partial charge in [-0.05, 0) is 55.3 Å².